The molecular weight excluding hydrogens is 238 g/mol. The lowest BCUT2D eigenvalue weighted by molar-refractivity contribution is 0.0692. The van der Waals surface area contributed by atoms with Crippen molar-refractivity contribution < 1.29 is 24.6 Å². The van der Waals surface area contributed by atoms with Crippen molar-refractivity contribution in [2.45, 2.75) is 26.2 Å². The number of rotatable bonds is 1. The van der Waals surface area contributed by atoms with Crippen LogP contribution in [0.3, 0.4) is 0 Å². The summed E-state index contributed by atoms with van der Waals surface area (Å²) in [4.78, 5) is 34.2. The molecule has 0 amide bonds. The summed E-state index contributed by atoms with van der Waals surface area (Å²) >= 11 is 0. The second-order valence-corrected chi connectivity index (χ2v) is 4.59. The molecule has 1 aromatic rings. The molecule has 0 bridgehead atoms. The molecule has 6 heteroatoms. The Morgan fingerprint density at radius 1 is 1.39 bits per heavy atom. The van der Waals surface area contributed by atoms with Crippen LogP contribution in [0.15, 0.2) is 6.20 Å². The van der Waals surface area contributed by atoms with E-state index < -0.39 is 12.1 Å². The van der Waals surface area contributed by atoms with Gasteiger partial charge in [-0.25, -0.2) is 9.59 Å². The van der Waals surface area contributed by atoms with Crippen molar-refractivity contribution in [2.75, 3.05) is 0 Å². The van der Waals surface area contributed by atoms with E-state index >= 15 is 0 Å². The van der Waals surface area contributed by atoms with E-state index in [9.17, 15) is 14.4 Å². The van der Waals surface area contributed by atoms with Gasteiger partial charge in [0.05, 0.1) is 11.1 Å². The normalized spacial score (nSPS) is 19.2. The number of hydrogen-bond donors (Lipinski definition) is 2. The Bertz CT molecular complexity index is 543. The van der Waals surface area contributed by atoms with Crippen LogP contribution >= 0.6 is 0 Å². The summed E-state index contributed by atoms with van der Waals surface area (Å²) in [5.41, 5.74) is 0.148. The van der Waals surface area contributed by atoms with Crippen molar-refractivity contribution in [3.05, 3.63) is 23.0 Å². The molecule has 1 atom stereocenters. The number of aromatic carboxylic acids is 1. The highest BCUT2D eigenvalue weighted by molar-refractivity contribution is 6.08. The summed E-state index contributed by atoms with van der Waals surface area (Å²) in [5, 5.41) is 18.1. The lowest BCUT2D eigenvalue weighted by Gasteiger charge is -2.05. The standard InChI is InChI=1S/C12H13NO5/c1-6-2-3-8-10(9(14)4-6)7(11(15)16)5-13(8)12(17)18/h5-6H,2-4H2,1H3,(H,15,16)(H,17,18). The van der Waals surface area contributed by atoms with Gasteiger partial charge in [-0.1, -0.05) is 6.92 Å². The monoisotopic (exact) mass is 251 g/mol. The van der Waals surface area contributed by atoms with Crippen LogP contribution in [0.1, 0.15) is 46.2 Å². The van der Waals surface area contributed by atoms with Crippen LogP contribution in [0, 0.1) is 5.92 Å². The highest BCUT2D eigenvalue weighted by Crippen LogP contribution is 2.28. The van der Waals surface area contributed by atoms with Crippen LogP contribution < -0.4 is 0 Å². The lowest BCUT2D eigenvalue weighted by atomic mass is 10.0. The van der Waals surface area contributed by atoms with Crippen molar-refractivity contribution in [2.24, 2.45) is 5.92 Å². The van der Waals surface area contributed by atoms with Gasteiger partial charge in [0.1, 0.15) is 0 Å². The fourth-order valence-electron chi connectivity index (χ4n) is 2.34. The number of carbonyl (C=O) groups is 3. The van der Waals surface area contributed by atoms with Gasteiger partial charge in [0.2, 0.25) is 0 Å². The molecule has 1 aromatic heterocycles. The highest BCUT2D eigenvalue weighted by Gasteiger charge is 2.30. The number of nitrogens with zero attached hydrogens (tertiary/aromatic N) is 1. The highest BCUT2D eigenvalue weighted by atomic mass is 16.4. The van der Waals surface area contributed by atoms with Crippen molar-refractivity contribution in [3.63, 3.8) is 0 Å². The Labute approximate surface area is 103 Å². The molecule has 0 saturated heterocycles. The first-order valence-electron chi connectivity index (χ1n) is 5.65. The summed E-state index contributed by atoms with van der Waals surface area (Å²) in [6, 6.07) is 0. The van der Waals surface area contributed by atoms with Gasteiger partial charge in [0.25, 0.3) is 0 Å². The van der Waals surface area contributed by atoms with Gasteiger partial charge in [0, 0.05) is 18.3 Å². The maximum atomic E-state index is 12.0. The minimum Gasteiger partial charge on any atom is -0.478 e. The predicted octanol–water partition coefficient (Wildman–Crippen LogP) is 1.87. The zero-order valence-corrected chi connectivity index (χ0v) is 9.84. The molecule has 0 spiro atoms. The van der Waals surface area contributed by atoms with Crippen LogP contribution in [0.25, 0.3) is 0 Å². The molecule has 2 N–H and O–H groups in total. The molecule has 6 nitrogen and oxygen atoms in total. The van der Waals surface area contributed by atoms with Crippen molar-refractivity contribution >= 4 is 17.8 Å². The van der Waals surface area contributed by atoms with E-state index in [1.807, 2.05) is 6.92 Å². The minimum atomic E-state index is -1.27. The van der Waals surface area contributed by atoms with Gasteiger partial charge in [0.15, 0.2) is 5.78 Å². The molecule has 1 unspecified atom stereocenters. The van der Waals surface area contributed by atoms with E-state index in [1.165, 1.54) is 0 Å². The summed E-state index contributed by atoms with van der Waals surface area (Å²) in [5.74, 6) is -1.42. The number of fused-ring (bicyclic) bond motifs is 1. The van der Waals surface area contributed by atoms with E-state index in [0.717, 1.165) is 10.8 Å². The number of Topliss-reactive ketones (excluding diaryl/α,β-unsaturated/α-hetero) is 1. The van der Waals surface area contributed by atoms with Crippen LogP contribution in [0.4, 0.5) is 4.79 Å². The van der Waals surface area contributed by atoms with Gasteiger partial charge < -0.3 is 10.2 Å². The van der Waals surface area contributed by atoms with E-state index in [4.69, 9.17) is 10.2 Å². The van der Waals surface area contributed by atoms with Gasteiger partial charge in [-0.05, 0) is 18.8 Å². The maximum absolute atomic E-state index is 12.0. The molecule has 1 heterocycles. The average molecular weight is 251 g/mol. The number of hydrogen-bond acceptors (Lipinski definition) is 3. The lowest BCUT2D eigenvalue weighted by Crippen LogP contribution is -2.11. The third-order valence-electron chi connectivity index (χ3n) is 3.23. The van der Waals surface area contributed by atoms with Crippen molar-refractivity contribution in [3.8, 4) is 0 Å². The predicted molar refractivity (Wildman–Crippen MR) is 61.2 cm³/mol. The van der Waals surface area contributed by atoms with E-state index in [0.29, 0.717) is 18.5 Å². The zero-order chi connectivity index (χ0) is 13.4. The summed E-state index contributed by atoms with van der Waals surface area (Å²) < 4.78 is 0.856. The second-order valence-electron chi connectivity index (χ2n) is 4.59. The third kappa shape index (κ3) is 1.90. The number of aromatic nitrogens is 1. The Hall–Kier alpha value is -2.11. The van der Waals surface area contributed by atoms with Gasteiger partial charge in [-0.2, -0.15) is 0 Å². The fourth-order valence-corrected chi connectivity index (χ4v) is 2.34. The first kappa shape index (κ1) is 12.3. The molecule has 1 aliphatic carbocycles. The van der Waals surface area contributed by atoms with Gasteiger partial charge in [-0.15, -0.1) is 0 Å². The molecule has 0 radical (unpaired) electrons. The Balaban J connectivity index is 2.65. The van der Waals surface area contributed by atoms with Crippen LogP contribution in [0.2, 0.25) is 0 Å². The molecule has 96 valence electrons. The van der Waals surface area contributed by atoms with E-state index in [1.54, 1.807) is 0 Å². The fraction of sp³-hybridized carbons (Fsp3) is 0.417. The third-order valence-corrected chi connectivity index (χ3v) is 3.23. The number of carboxylic acid groups (broad SMARTS) is 2. The number of ketones is 1. The zero-order valence-electron chi connectivity index (χ0n) is 9.84. The smallest absolute Gasteiger partial charge is 0.415 e. The summed E-state index contributed by atoms with van der Waals surface area (Å²) in [6.07, 6.45) is 1.10. The van der Waals surface area contributed by atoms with Crippen LogP contribution in [-0.2, 0) is 6.42 Å². The quantitative estimate of drug-likeness (QED) is 0.742. The first-order valence-corrected chi connectivity index (χ1v) is 5.65. The minimum absolute atomic E-state index is 0.0641. The largest absolute Gasteiger partial charge is 0.478 e. The first-order chi connectivity index (χ1) is 8.41. The molecule has 1 aliphatic rings. The molecule has 2 rings (SSSR count). The topological polar surface area (TPSA) is 96.6 Å². The Morgan fingerprint density at radius 2 is 2.06 bits per heavy atom. The molecule has 0 fully saturated rings. The average Bonchev–Trinajstić information content (AvgIpc) is 2.59. The van der Waals surface area contributed by atoms with Gasteiger partial charge in [-0.3, -0.25) is 9.36 Å². The maximum Gasteiger partial charge on any atom is 0.415 e. The summed E-state index contributed by atoms with van der Waals surface area (Å²) in [7, 11) is 0. The number of carboxylic acids is 1. The SMILES string of the molecule is CC1CCc2c(c(C(=O)O)cn2C(=O)O)C(=O)C1. The van der Waals surface area contributed by atoms with Crippen molar-refractivity contribution in [1.82, 2.24) is 4.57 Å². The van der Waals surface area contributed by atoms with Crippen molar-refractivity contribution in [1.29, 1.82) is 0 Å². The summed E-state index contributed by atoms with van der Waals surface area (Å²) in [6.45, 7) is 1.90. The molecular formula is C12H13NO5. The molecule has 0 saturated carbocycles. The van der Waals surface area contributed by atoms with E-state index in [2.05, 4.69) is 0 Å². The molecule has 18 heavy (non-hydrogen) atoms. The van der Waals surface area contributed by atoms with Crippen LogP contribution in [0.5, 0.6) is 0 Å². The number of carbonyl (C=O) groups excluding carboxylic acids is 1. The van der Waals surface area contributed by atoms with Gasteiger partial charge >= 0.3 is 12.1 Å². The van der Waals surface area contributed by atoms with Crippen LogP contribution in [-0.4, -0.2) is 32.6 Å². The Morgan fingerprint density at radius 3 is 2.61 bits per heavy atom. The second kappa shape index (κ2) is 4.29. The van der Waals surface area contributed by atoms with E-state index in [-0.39, 0.29) is 29.2 Å². The molecule has 0 aromatic carbocycles. The Kier molecular flexibility index (Phi) is 2.94. The molecule has 0 aliphatic heterocycles.